The zero-order valence-corrected chi connectivity index (χ0v) is 10.7. The molecule has 2 N–H and O–H groups in total. The van der Waals surface area contributed by atoms with Crippen LogP contribution in [0.3, 0.4) is 0 Å². The maximum absolute atomic E-state index is 12.2. The molecule has 1 amide bonds. The molecule has 5 heteroatoms. The fourth-order valence-corrected chi connectivity index (χ4v) is 2.82. The van der Waals surface area contributed by atoms with Crippen molar-refractivity contribution in [2.24, 2.45) is 11.8 Å². The van der Waals surface area contributed by atoms with Crippen LogP contribution in [0.4, 0.5) is 0 Å². The van der Waals surface area contributed by atoms with Gasteiger partial charge in [-0.15, -0.1) is 0 Å². The Morgan fingerprint density at radius 3 is 2.40 bits per heavy atom. The van der Waals surface area contributed by atoms with Crippen molar-refractivity contribution in [2.75, 3.05) is 0 Å². The zero-order valence-electron chi connectivity index (χ0n) is 10.7. The van der Waals surface area contributed by atoms with E-state index in [0.29, 0.717) is 6.54 Å². The summed E-state index contributed by atoms with van der Waals surface area (Å²) in [5, 5.41) is 12.0. The number of rotatable bonds is 4. The highest BCUT2D eigenvalue weighted by Crippen LogP contribution is 2.39. The monoisotopic (exact) mass is 273 g/mol. The molecule has 20 heavy (non-hydrogen) atoms. The van der Waals surface area contributed by atoms with Crippen LogP contribution in [-0.4, -0.2) is 29.2 Å². The zero-order chi connectivity index (χ0) is 14.1. The van der Waals surface area contributed by atoms with Crippen molar-refractivity contribution in [1.82, 2.24) is 5.32 Å². The number of carbonyl (C=O) groups excluding carboxylic acids is 1. The fourth-order valence-electron chi connectivity index (χ4n) is 2.82. The highest BCUT2D eigenvalue weighted by Gasteiger charge is 2.53. The first-order valence-corrected chi connectivity index (χ1v) is 6.55. The molecule has 2 bridgehead atoms. The largest absolute Gasteiger partial charge is 0.481 e. The molecule has 1 saturated heterocycles. The lowest BCUT2D eigenvalue weighted by Gasteiger charge is -2.20. The normalized spacial score (nSPS) is 30.4. The van der Waals surface area contributed by atoms with E-state index >= 15 is 0 Å². The Kier molecular flexibility index (Phi) is 3.28. The number of ether oxygens (including phenoxy) is 1. The smallest absolute Gasteiger partial charge is 0.310 e. The standard InChI is InChI=1S/C15H15NO4/c17-14(16-8-9-4-2-1-3-5-9)12-10-6-7-11(20-10)13(12)15(18)19/h1-7,10-13H,8H2,(H,16,17)(H,18,19)/t10-,11-,12-,13-/m1/s1. The summed E-state index contributed by atoms with van der Waals surface area (Å²) in [7, 11) is 0. The number of aliphatic carboxylic acids is 1. The third-order valence-electron chi connectivity index (χ3n) is 3.80. The van der Waals surface area contributed by atoms with Gasteiger partial charge < -0.3 is 15.2 Å². The Morgan fingerprint density at radius 1 is 1.10 bits per heavy atom. The lowest BCUT2D eigenvalue weighted by atomic mass is 9.82. The van der Waals surface area contributed by atoms with E-state index in [4.69, 9.17) is 4.74 Å². The second-order valence-corrected chi connectivity index (χ2v) is 5.04. The van der Waals surface area contributed by atoms with E-state index in [1.54, 1.807) is 12.2 Å². The first-order chi connectivity index (χ1) is 9.66. The molecule has 2 aliphatic rings. The van der Waals surface area contributed by atoms with Crippen LogP contribution in [0.1, 0.15) is 5.56 Å². The minimum absolute atomic E-state index is 0.266. The molecule has 2 heterocycles. The van der Waals surface area contributed by atoms with Gasteiger partial charge in [0.05, 0.1) is 18.1 Å². The fraction of sp³-hybridized carbons (Fsp3) is 0.333. The second kappa shape index (κ2) is 5.09. The third-order valence-corrected chi connectivity index (χ3v) is 3.80. The van der Waals surface area contributed by atoms with Gasteiger partial charge in [-0.2, -0.15) is 0 Å². The maximum atomic E-state index is 12.2. The molecule has 0 saturated carbocycles. The van der Waals surface area contributed by atoms with Crippen LogP contribution in [0, 0.1) is 11.8 Å². The van der Waals surface area contributed by atoms with Gasteiger partial charge in [-0.25, -0.2) is 0 Å². The Balaban J connectivity index is 1.68. The lowest BCUT2D eigenvalue weighted by Crippen LogP contribution is -2.42. The molecule has 4 atom stereocenters. The Hall–Kier alpha value is -2.14. The quantitative estimate of drug-likeness (QED) is 0.801. The molecule has 0 aliphatic carbocycles. The molecule has 0 aromatic heterocycles. The molecular weight excluding hydrogens is 258 g/mol. The topological polar surface area (TPSA) is 75.6 Å². The van der Waals surface area contributed by atoms with Crippen LogP contribution in [0.5, 0.6) is 0 Å². The third kappa shape index (κ3) is 2.20. The Labute approximate surface area is 116 Å². The number of carboxylic acids is 1. The Morgan fingerprint density at radius 2 is 1.75 bits per heavy atom. The van der Waals surface area contributed by atoms with Crippen molar-refractivity contribution in [3.8, 4) is 0 Å². The molecular formula is C15H15NO4. The summed E-state index contributed by atoms with van der Waals surface area (Å²) in [6.45, 7) is 0.392. The van der Waals surface area contributed by atoms with Crippen molar-refractivity contribution in [3.05, 3.63) is 48.0 Å². The van der Waals surface area contributed by atoms with Crippen LogP contribution in [0.2, 0.25) is 0 Å². The summed E-state index contributed by atoms with van der Waals surface area (Å²) in [6, 6.07) is 9.51. The number of carbonyl (C=O) groups is 2. The number of nitrogens with one attached hydrogen (secondary N) is 1. The molecule has 5 nitrogen and oxygen atoms in total. The number of benzene rings is 1. The molecule has 1 aromatic carbocycles. The lowest BCUT2D eigenvalue weighted by molar-refractivity contribution is -0.146. The highest BCUT2D eigenvalue weighted by atomic mass is 16.5. The molecule has 0 unspecified atom stereocenters. The molecule has 1 aromatic rings. The van der Waals surface area contributed by atoms with Gasteiger partial charge in [-0.3, -0.25) is 9.59 Å². The van der Waals surface area contributed by atoms with Gasteiger partial charge in [0.2, 0.25) is 5.91 Å². The van der Waals surface area contributed by atoms with Crippen molar-refractivity contribution >= 4 is 11.9 Å². The minimum atomic E-state index is -0.985. The summed E-state index contributed by atoms with van der Waals surface area (Å²) in [5.41, 5.74) is 0.979. The molecule has 1 fully saturated rings. The second-order valence-electron chi connectivity index (χ2n) is 5.04. The summed E-state index contributed by atoms with van der Waals surface area (Å²) in [5.74, 6) is -2.69. The molecule has 2 aliphatic heterocycles. The predicted molar refractivity (Wildman–Crippen MR) is 70.7 cm³/mol. The van der Waals surface area contributed by atoms with Crippen LogP contribution in [-0.2, 0) is 20.9 Å². The molecule has 0 radical (unpaired) electrons. The number of amides is 1. The van der Waals surface area contributed by atoms with Crippen LogP contribution in [0.25, 0.3) is 0 Å². The minimum Gasteiger partial charge on any atom is -0.481 e. The van der Waals surface area contributed by atoms with Crippen molar-refractivity contribution in [3.63, 3.8) is 0 Å². The molecule has 104 valence electrons. The van der Waals surface area contributed by atoms with E-state index in [2.05, 4.69) is 5.32 Å². The van der Waals surface area contributed by atoms with E-state index in [1.165, 1.54) is 0 Å². The van der Waals surface area contributed by atoms with E-state index in [9.17, 15) is 14.7 Å². The van der Waals surface area contributed by atoms with Gasteiger partial charge in [-0.1, -0.05) is 42.5 Å². The van der Waals surface area contributed by atoms with Crippen molar-refractivity contribution < 1.29 is 19.4 Å². The van der Waals surface area contributed by atoms with Crippen LogP contribution in [0.15, 0.2) is 42.5 Å². The number of hydrogen-bond acceptors (Lipinski definition) is 3. The van der Waals surface area contributed by atoms with E-state index < -0.39 is 30.0 Å². The number of hydrogen-bond donors (Lipinski definition) is 2. The number of carboxylic acid groups (broad SMARTS) is 1. The van der Waals surface area contributed by atoms with Crippen molar-refractivity contribution in [1.29, 1.82) is 0 Å². The first-order valence-electron chi connectivity index (χ1n) is 6.55. The van der Waals surface area contributed by atoms with Gasteiger partial charge in [0.25, 0.3) is 0 Å². The number of fused-ring (bicyclic) bond motifs is 2. The van der Waals surface area contributed by atoms with Crippen LogP contribution < -0.4 is 5.32 Å². The van der Waals surface area contributed by atoms with E-state index in [-0.39, 0.29) is 5.91 Å². The molecule has 0 spiro atoms. The Bertz CT molecular complexity index is 554. The van der Waals surface area contributed by atoms with E-state index in [1.807, 2.05) is 30.3 Å². The summed E-state index contributed by atoms with van der Waals surface area (Å²) >= 11 is 0. The van der Waals surface area contributed by atoms with Gasteiger partial charge in [0.15, 0.2) is 0 Å². The van der Waals surface area contributed by atoms with Gasteiger partial charge in [0, 0.05) is 6.54 Å². The summed E-state index contributed by atoms with van der Waals surface area (Å²) in [4.78, 5) is 23.5. The van der Waals surface area contributed by atoms with Gasteiger partial charge in [0.1, 0.15) is 5.92 Å². The average Bonchev–Trinajstić information content (AvgIpc) is 3.06. The SMILES string of the molecule is O=C(O)[C@H]1[C@H](C(=O)NCc2ccccc2)[C@H]2C=C[C@H]1O2. The first kappa shape index (κ1) is 12.9. The predicted octanol–water partition coefficient (Wildman–Crippen LogP) is 0.957. The van der Waals surface area contributed by atoms with Gasteiger partial charge in [-0.05, 0) is 5.56 Å². The maximum Gasteiger partial charge on any atom is 0.310 e. The average molecular weight is 273 g/mol. The van der Waals surface area contributed by atoms with Gasteiger partial charge >= 0.3 is 5.97 Å². The highest BCUT2D eigenvalue weighted by molar-refractivity contribution is 5.87. The van der Waals surface area contributed by atoms with Crippen LogP contribution >= 0.6 is 0 Å². The summed E-state index contributed by atoms with van der Waals surface area (Å²) < 4.78 is 5.48. The molecule has 3 rings (SSSR count). The van der Waals surface area contributed by atoms with Crippen molar-refractivity contribution in [2.45, 2.75) is 18.8 Å². The summed E-state index contributed by atoms with van der Waals surface area (Å²) in [6.07, 6.45) is 2.60. The van der Waals surface area contributed by atoms with E-state index in [0.717, 1.165) is 5.56 Å².